The molecule has 2 aromatic heterocycles. The van der Waals surface area contributed by atoms with Crippen LogP contribution in [-0.2, 0) is 0 Å². The Bertz CT molecular complexity index is 1130. The van der Waals surface area contributed by atoms with Crippen molar-refractivity contribution < 1.29 is 14.7 Å². The van der Waals surface area contributed by atoms with Gasteiger partial charge >= 0.3 is 165 Å². The molecule has 0 fully saturated rings. The van der Waals surface area contributed by atoms with Crippen molar-refractivity contribution in [1.29, 1.82) is 0 Å². The number of nitrogens with one attached hydrogen (secondary N) is 1. The fraction of sp³-hybridized carbons (Fsp3) is 0.0500. The number of carboxylic acids is 1. The third-order valence-electron chi connectivity index (χ3n) is 4.08. The van der Waals surface area contributed by atoms with Gasteiger partial charge in [0.15, 0.2) is 0 Å². The molecule has 5 nitrogen and oxygen atoms in total. The van der Waals surface area contributed by atoms with Crippen LogP contribution in [0, 0.1) is 6.92 Å². The van der Waals surface area contributed by atoms with Crippen molar-refractivity contribution in [2.45, 2.75) is 6.92 Å². The predicted octanol–water partition coefficient (Wildman–Crippen LogP) is 4.28. The van der Waals surface area contributed by atoms with Gasteiger partial charge in [0.25, 0.3) is 0 Å². The Labute approximate surface area is 165 Å². The van der Waals surface area contributed by atoms with E-state index < -0.39 is 5.97 Å². The van der Waals surface area contributed by atoms with E-state index >= 15 is 0 Å². The van der Waals surface area contributed by atoms with Crippen LogP contribution in [0.2, 0.25) is 0 Å². The number of carbonyl (C=O) groups is 2. The van der Waals surface area contributed by atoms with Crippen molar-refractivity contribution in [3.05, 3.63) is 69.6 Å². The van der Waals surface area contributed by atoms with Gasteiger partial charge in [-0.3, -0.25) is 0 Å². The van der Waals surface area contributed by atoms with Crippen LogP contribution < -0.4 is 5.32 Å². The van der Waals surface area contributed by atoms with E-state index in [1.807, 2.05) is 60.4 Å². The molecule has 2 heterocycles. The first kappa shape index (κ1) is 17.7. The van der Waals surface area contributed by atoms with Crippen LogP contribution >= 0.6 is 11.3 Å². The predicted molar refractivity (Wildman–Crippen MR) is 108 cm³/mol. The fourth-order valence-electron chi connectivity index (χ4n) is 2.73. The fourth-order valence-corrected chi connectivity index (χ4v) is 5.60. The molecule has 0 radical (unpaired) electrons. The Morgan fingerprint density at radius 1 is 1.11 bits per heavy atom. The quantitative estimate of drug-likeness (QED) is 0.464. The average Bonchev–Trinajstić information content (AvgIpc) is 3.26. The number of thiazole rings is 1. The van der Waals surface area contributed by atoms with Crippen molar-refractivity contribution in [3.8, 4) is 11.1 Å². The minimum absolute atomic E-state index is 0.160. The number of aromatic nitrogens is 1. The monoisotopic (exact) mass is 442 g/mol. The van der Waals surface area contributed by atoms with Crippen molar-refractivity contribution in [2.24, 2.45) is 0 Å². The second kappa shape index (κ2) is 7.12. The summed E-state index contributed by atoms with van der Waals surface area (Å²) in [4.78, 5) is 30.7. The number of rotatable bonds is 4. The van der Waals surface area contributed by atoms with Crippen LogP contribution in [-0.4, -0.2) is 36.5 Å². The molecule has 0 spiro atoms. The molecule has 2 N–H and O–H groups in total. The second-order valence-electron chi connectivity index (χ2n) is 5.97. The third kappa shape index (κ3) is 3.45. The Morgan fingerprint density at radius 3 is 2.56 bits per heavy atom. The summed E-state index contributed by atoms with van der Waals surface area (Å²) >= 11 is 1.03. The van der Waals surface area contributed by atoms with E-state index in [0.29, 0.717) is 15.1 Å². The van der Waals surface area contributed by atoms with E-state index in [2.05, 4.69) is 10.3 Å². The number of carboxylic acid groups (broad SMARTS) is 1. The van der Waals surface area contributed by atoms with Gasteiger partial charge in [0.2, 0.25) is 0 Å². The second-order valence-corrected chi connectivity index (χ2v) is 8.84. The van der Waals surface area contributed by atoms with Gasteiger partial charge in [-0.15, -0.1) is 0 Å². The topological polar surface area (TPSA) is 79.3 Å². The Kier molecular flexibility index (Phi) is 4.66. The zero-order valence-corrected chi connectivity index (χ0v) is 16.8. The normalized spacial score (nSPS) is 10.9. The first-order chi connectivity index (χ1) is 13.0. The molecule has 2 aromatic carbocycles. The number of hydrogen-bond acceptors (Lipinski definition) is 4. The maximum atomic E-state index is 12.6. The van der Waals surface area contributed by atoms with Crippen LogP contribution in [0.15, 0.2) is 53.5 Å². The zero-order chi connectivity index (χ0) is 19.0. The van der Waals surface area contributed by atoms with Crippen LogP contribution in [0.25, 0.3) is 21.3 Å². The molecule has 4 rings (SSSR count). The summed E-state index contributed by atoms with van der Waals surface area (Å²) in [5.41, 5.74) is 3.52. The number of aryl methyl sites for hydroxylation is 1. The van der Waals surface area contributed by atoms with Crippen LogP contribution in [0.4, 0.5) is 4.56 Å². The van der Waals surface area contributed by atoms with Gasteiger partial charge in [-0.25, -0.2) is 0 Å². The zero-order valence-electron chi connectivity index (χ0n) is 14.2. The summed E-state index contributed by atoms with van der Waals surface area (Å²) in [5.74, 6) is -1.41. The molecular formula is C20H14N2O3SSe. The van der Waals surface area contributed by atoms with E-state index in [0.717, 1.165) is 21.3 Å². The number of carbonyl (C=O) groups excluding carboxylic acids is 1. The van der Waals surface area contributed by atoms with Crippen LogP contribution in [0.1, 0.15) is 25.7 Å². The van der Waals surface area contributed by atoms with Crippen LogP contribution in [0.3, 0.4) is 0 Å². The van der Waals surface area contributed by atoms with Crippen molar-refractivity contribution in [1.82, 2.24) is 4.98 Å². The molecule has 27 heavy (non-hydrogen) atoms. The van der Waals surface area contributed by atoms with Gasteiger partial charge in [-0.05, 0) is 0 Å². The molecule has 0 atom stereocenters. The number of benzene rings is 2. The van der Waals surface area contributed by atoms with E-state index in [-0.39, 0.29) is 26.0 Å². The molecule has 4 aromatic rings. The van der Waals surface area contributed by atoms with Gasteiger partial charge in [-0.2, -0.15) is 0 Å². The number of nitrogens with zero attached hydrogens (tertiary/aromatic N) is 1. The molecule has 0 aliphatic rings. The summed E-state index contributed by atoms with van der Waals surface area (Å²) in [7, 11) is 0. The van der Waals surface area contributed by atoms with Gasteiger partial charge in [0.1, 0.15) is 0 Å². The number of aromatic carboxylic acids is 1. The number of amides is 1. The van der Waals surface area contributed by atoms with Gasteiger partial charge in [0.05, 0.1) is 0 Å². The molecule has 7 heteroatoms. The van der Waals surface area contributed by atoms with E-state index in [4.69, 9.17) is 0 Å². The van der Waals surface area contributed by atoms with E-state index in [9.17, 15) is 14.7 Å². The van der Waals surface area contributed by atoms with E-state index in [1.165, 1.54) is 11.3 Å². The Balaban J connectivity index is 1.68. The van der Waals surface area contributed by atoms with Crippen molar-refractivity contribution in [2.75, 3.05) is 5.32 Å². The molecule has 0 aliphatic heterocycles. The maximum absolute atomic E-state index is 12.6. The van der Waals surface area contributed by atoms with Gasteiger partial charge < -0.3 is 0 Å². The van der Waals surface area contributed by atoms with E-state index in [1.54, 1.807) is 0 Å². The van der Waals surface area contributed by atoms with Crippen molar-refractivity contribution in [3.63, 3.8) is 0 Å². The standard InChI is InChI=1S/C20H14N2O3SSe/c1-11-6-8-12(9-7-11)13-10-27-19(16(13)20(24)25)22-17(23)18-21-14-4-2-3-5-15(14)26-18/h2-10H,1H3,(H,22,23)(H,24,25). The molecule has 1 amide bonds. The summed E-state index contributed by atoms with van der Waals surface area (Å²) in [6, 6.07) is 15.2. The molecule has 0 aliphatic carbocycles. The van der Waals surface area contributed by atoms with Crippen LogP contribution in [0.5, 0.6) is 0 Å². The molecular weight excluding hydrogens is 427 g/mol. The number of para-hydroxylation sites is 1. The van der Waals surface area contributed by atoms with Gasteiger partial charge in [0, 0.05) is 0 Å². The first-order valence-electron chi connectivity index (χ1n) is 8.11. The summed E-state index contributed by atoms with van der Waals surface area (Å²) < 4.78 is 1.38. The Hall–Kier alpha value is -2.73. The number of fused-ring (bicyclic) bond motifs is 1. The summed E-state index contributed by atoms with van der Waals surface area (Å²) in [6.07, 6.45) is 0. The minimum atomic E-state index is -1.04. The molecule has 0 saturated carbocycles. The molecule has 134 valence electrons. The third-order valence-corrected chi connectivity index (χ3v) is 7.00. The van der Waals surface area contributed by atoms with Gasteiger partial charge in [-0.1, -0.05) is 0 Å². The summed E-state index contributed by atoms with van der Waals surface area (Å²) in [5, 5.41) is 12.8. The number of anilines is 1. The summed E-state index contributed by atoms with van der Waals surface area (Å²) in [6.45, 7) is 1.98. The molecule has 0 unspecified atom stereocenters. The number of hydrogen-bond donors (Lipinski definition) is 2. The van der Waals surface area contributed by atoms with Crippen molar-refractivity contribution >= 4 is 52.5 Å². The molecule has 0 saturated heterocycles. The average molecular weight is 441 g/mol. The Morgan fingerprint density at radius 2 is 1.85 bits per heavy atom. The first-order valence-corrected chi connectivity index (χ1v) is 10.8. The molecule has 0 bridgehead atoms. The SMILES string of the molecule is Cc1ccc(-c2c[se]c(NC(=O)c3nc4ccccc4s3)c2C(=O)O)cc1.